The Bertz CT molecular complexity index is 764. The van der Waals surface area contributed by atoms with Gasteiger partial charge in [0.2, 0.25) is 0 Å². The predicted octanol–water partition coefficient (Wildman–Crippen LogP) is 2.57. The molecule has 0 amide bonds. The SMILES string of the molecule is CC(N)c1ccc2ccccc2c1OCc1nncn1C. The highest BCUT2D eigenvalue weighted by Gasteiger charge is 2.13. The molecule has 0 aliphatic carbocycles. The molecule has 0 fully saturated rings. The molecule has 2 N–H and O–H groups in total. The maximum absolute atomic E-state index is 6.07. The van der Waals surface area contributed by atoms with Crippen LogP contribution in [0.1, 0.15) is 24.4 Å². The van der Waals surface area contributed by atoms with Crippen molar-refractivity contribution in [3.63, 3.8) is 0 Å². The van der Waals surface area contributed by atoms with E-state index in [1.54, 1.807) is 6.33 Å². The fourth-order valence-electron chi connectivity index (χ4n) is 2.35. The Labute approximate surface area is 123 Å². The number of ether oxygens (including phenoxy) is 1. The second kappa shape index (κ2) is 5.54. The van der Waals surface area contributed by atoms with Gasteiger partial charge in [-0.05, 0) is 12.3 Å². The quantitative estimate of drug-likeness (QED) is 0.798. The summed E-state index contributed by atoms with van der Waals surface area (Å²) < 4.78 is 7.88. The third-order valence-electron chi connectivity index (χ3n) is 3.55. The molecule has 0 saturated carbocycles. The zero-order chi connectivity index (χ0) is 14.8. The van der Waals surface area contributed by atoms with Crippen molar-refractivity contribution < 1.29 is 4.74 Å². The molecular weight excluding hydrogens is 264 g/mol. The average Bonchev–Trinajstić information content (AvgIpc) is 2.89. The van der Waals surface area contributed by atoms with Crippen LogP contribution in [0.4, 0.5) is 0 Å². The molecule has 0 aliphatic heterocycles. The topological polar surface area (TPSA) is 66.0 Å². The molecule has 0 spiro atoms. The summed E-state index contributed by atoms with van der Waals surface area (Å²) in [6.45, 7) is 2.32. The van der Waals surface area contributed by atoms with E-state index >= 15 is 0 Å². The largest absolute Gasteiger partial charge is 0.485 e. The Morgan fingerprint density at radius 1 is 1.24 bits per heavy atom. The third-order valence-corrected chi connectivity index (χ3v) is 3.55. The van der Waals surface area contributed by atoms with Crippen LogP contribution in [0.15, 0.2) is 42.7 Å². The maximum atomic E-state index is 6.07. The summed E-state index contributed by atoms with van der Waals surface area (Å²) in [7, 11) is 1.90. The van der Waals surface area contributed by atoms with E-state index in [1.165, 1.54) is 0 Å². The van der Waals surface area contributed by atoms with Crippen LogP contribution in [0.5, 0.6) is 5.75 Å². The summed E-state index contributed by atoms with van der Waals surface area (Å²) in [6, 6.07) is 12.1. The molecule has 108 valence electrons. The van der Waals surface area contributed by atoms with Crippen LogP contribution in [0.25, 0.3) is 10.8 Å². The number of aromatic nitrogens is 3. The Morgan fingerprint density at radius 3 is 2.76 bits per heavy atom. The van der Waals surface area contributed by atoms with Gasteiger partial charge in [0.05, 0.1) is 0 Å². The summed E-state index contributed by atoms with van der Waals surface area (Å²) >= 11 is 0. The number of nitrogens with zero attached hydrogens (tertiary/aromatic N) is 3. The number of nitrogens with two attached hydrogens (primary N) is 1. The van der Waals surface area contributed by atoms with E-state index in [0.29, 0.717) is 6.61 Å². The summed E-state index contributed by atoms with van der Waals surface area (Å²) in [5, 5.41) is 10.1. The molecule has 21 heavy (non-hydrogen) atoms. The lowest BCUT2D eigenvalue weighted by Crippen LogP contribution is -2.10. The number of aryl methyl sites for hydroxylation is 1. The second-order valence-corrected chi connectivity index (χ2v) is 5.14. The monoisotopic (exact) mass is 282 g/mol. The van der Waals surface area contributed by atoms with Gasteiger partial charge in [0.15, 0.2) is 5.82 Å². The lowest BCUT2D eigenvalue weighted by atomic mass is 10.0. The van der Waals surface area contributed by atoms with Crippen molar-refractivity contribution in [1.29, 1.82) is 0 Å². The summed E-state index contributed by atoms with van der Waals surface area (Å²) in [5.41, 5.74) is 7.07. The van der Waals surface area contributed by atoms with Crippen LogP contribution in [0, 0.1) is 0 Å². The number of benzene rings is 2. The molecule has 0 saturated heterocycles. The van der Waals surface area contributed by atoms with Crippen LogP contribution in [0.3, 0.4) is 0 Å². The molecule has 1 aromatic heterocycles. The lowest BCUT2D eigenvalue weighted by molar-refractivity contribution is 0.290. The molecule has 1 atom stereocenters. The van der Waals surface area contributed by atoms with Gasteiger partial charge in [-0.25, -0.2) is 0 Å². The van der Waals surface area contributed by atoms with Gasteiger partial charge in [0.25, 0.3) is 0 Å². The first-order valence-corrected chi connectivity index (χ1v) is 6.89. The number of rotatable bonds is 4. The first-order chi connectivity index (χ1) is 10.2. The molecule has 3 aromatic rings. The van der Waals surface area contributed by atoms with Crippen molar-refractivity contribution >= 4 is 10.8 Å². The smallest absolute Gasteiger partial charge is 0.170 e. The van der Waals surface area contributed by atoms with Crippen LogP contribution in [0.2, 0.25) is 0 Å². The van der Waals surface area contributed by atoms with Crippen molar-refractivity contribution in [2.75, 3.05) is 0 Å². The van der Waals surface area contributed by atoms with Crippen molar-refractivity contribution in [1.82, 2.24) is 14.8 Å². The first-order valence-electron chi connectivity index (χ1n) is 6.89. The minimum Gasteiger partial charge on any atom is -0.485 e. The molecule has 3 rings (SSSR count). The van der Waals surface area contributed by atoms with Crippen molar-refractivity contribution in [3.05, 3.63) is 54.1 Å². The Balaban J connectivity index is 2.02. The second-order valence-electron chi connectivity index (χ2n) is 5.14. The Morgan fingerprint density at radius 2 is 2.05 bits per heavy atom. The van der Waals surface area contributed by atoms with Crippen molar-refractivity contribution in [2.24, 2.45) is 12.8 Å². The van der Waals surface area contributed by atoms with E-state index in [4.69, 9.17) is 10.5 Å². The van der Waals surface area contributed by atoms with Gasteiger partial charge in [0, 0.05) is 24.0 Å². The summed E-state index contributed by atoms with van der Waals surface area (Å²) in [5.74, 6) is 1.60. The molecular formula is C16H18N4O. The number of fused-ring (bicyclic) bond motifs is 1. The standard InChI is InChI=1S/C16H18N4O/c1-11(17)13-8-7-12-5-3-4-6-14(12)16(13)21-9-15-19-18-10-20(15)2/h3-8,10-11H,9,17H2,1-2H3. The summed E-state index contributed by atoms with van der Waals surface area (Å²) in [6.07, 6.45) is 1.66. The highest BCUT2D eigenvalue weighted by molar-refractivity contribution is 5.89. The fourth-order valence-corrected chi connectivity index (χ4v) is 2.35. The average molecular weight is 282 g/mol. The number of hydrogen-bond acceptors (Lipinski definition) is 4. The fraction of sp³-hybridized carbons (Fsp3) is 0.250. The third kappa shape index (κ3) is 2.60. The predicted molar refractivity (Wildman–Crippen MR) is 81.9 cm³/mol. The van der Waals surface area contributed by atoms with Crippen molar-refractivity contribution in [2.45, 2.75) is 19.6 Å². The molecule has 0 bridgehead atoms. The van der Waals surface area contributed by atoms with Gasteiger partial charge in [-0.3, -0.25) is 0 Å². The van der Waals surface area contributed by atoms with Gasteiger partial charge < -0.3 is 15.0 Å². The normalized spacial score (nSPS) is 12.5. The first kappa shape index (κ1) is 13.6. The minimum absolute atomic E-state index is 0.0934. The van der Waals surface area contributed by atoms with Gasteiger partial charge in [-0.15, -0.1) is 10.2 Å². The Kier molecular flexibility index (Phi) is 3.58. The zero-order valence-corrected chi connectivity index (χ0v) is 12.2. The highest BCUT2D eigenvalue weighted by Crippen LogP contribution is 2.33. The van der Waals surface area contributed by atoms with Gasteiger partial charge in [-0.1, -0.05) is 36.4 Å². The molecule has 2 aromatic carbocycles. The van der Waals surface area contributed by atoms with E-state index in [1.807, 2.05) is 42.8 Å². The lowest BCUT2D eigenvalue weighted by Gasteiger charge is -2.16. The highest BCUT2D eigenvalue weighted by atomic mass is 16.5. The van der Waals surface area contributed by atoms with Crippen molar-refractivity contribution in [3.8, 4) is 5.75 Å². The molecule has 5 nitrogen and oxygen atoms in total. The van der Waals surface area contributed by atoms with Gasteiger partial charge in [-0.2, -0.15) is 0 Å². The van der Waals surface area contributed by atoms with Gasteiger partial charge >= 0.3 is 0 Å². The molecule has 1 unspecified atom stereocenters. The molecule has 0 radical (unpaired) electrons. The van der Waals surface area contributed by atoms with E-state index in [0.717, 1.165) is 27.9 Å². The van der Waals surface area contributed by atoms with Crippen LogP contribution in [-0.2, 0) is 13.7 Å². The van der Waals surface area contributed by atoms with Crippen LogP contribution < -0.4 is 10.5 Å². The molecule has 5 heteroatoms. The number of hydrogen-bond donors (Lipinski definition) is 1. The Hall–Kier alpha value is -2.40. The van der Waals surface area contributed by atoms with E-state index in [9.17, 15) is 0 Å². The maximum Gasteiger partial charge on any atom is 0.170 e. The minimum atomic E-state index is -0.0934. The molecule has 1 heterocycles. The van der Waals surface area contributed by atoms with E-state index in [2.05, 4.69) is 22.3 Å². The van der Waals surface area contributed by atoms with Crippen LogP contribution in [-0.4, -0.2) is 14.8 Å². The zero-order valence-electron chi connectivity index (χ0n) is 12.2. The van der Waals surface area contributed by atoms with E-state index < -0.39 is 0 Å². The molecule has 0 aliphatic rings. The van der Waals surface area contributed by atoms with Gasteiger partial charge in [0.1, 0.15) is 18.7 Å². The summed E-state index contributed by atoms with van der Waals surface area (Å²) in [4.78, 5) is 0. The van der Waals surface area contributed by atoms with E-state index in [-0.39, 0.29) is 6.04 Å². The van der Waals surface area contributed by atoms with Crippen LogP contribution >= 0.6 is 0 Å².